The lowest BCUT2D eigenvalue weighted by atomic mass is 9.80. The lowest BCUT2D eigenvalue weighted by molar-refractivity contribution is -0.152. The second kappa shape index (κ2) is 11.0. The highest BCUT2D eigenvalue weighted by Crippen LogP contribution is 2.41. The van der Waals surface area contributed by atoms with E-state index in [1.165, 1.54) is 0 Å². The van der Waals surface area contributed by atoms with Gasteiger partial charge in [0.05, 0.1) is 17.3 Å². The van der Waals surface area contributed by atoms with Gasteiger partial charge in [0.15, 0.2) is 5.60 Å². The Hall–Kier alpha value is -2.90. The van der Waals surface area contributed by atoms with Gasteiger partial charge in [0.25, 0.3) is 0 Å². The SMILES string of the molecule is O=C1N[C@H]2[C@H](CS[C@H]2CCCC(S)C(=O)OC(c2ccccc2)(c2ccccc2)c2ccccc2)N1. The Kier molecular flexibility index (Phi) is 7.58. The number of urea groups is 1. The zero-order chi connectivity index (χ0) is 25.0. The molecule has 4 atom stereocenters. The number of benzene rings is 3. The fourth-order valence-corrected chi connectivity index (χ4v) is 6.97. The van der Waals surface area contributed by atoms with Crippen LogP contribution in [0.4, 0.5) is 4.79 Å². The molecule has 2 heterocycles. The van der Waals surface area contributed by atoms with Crippen LogP contribution >= 0.6 is 24.4 Å². The fraction of sp³-hybridized carbons (Fsp3) is 0.310. The number of nitrogens with one attached hydrogen (secondary N) is 2. The number of esters is 1. The minimum atomic E-state index is -1.09. The molecule has 2 N–H and O–H groups in total. The molecule has 0 spiro atoms. The average Bonchev–Trinajstić information content (AvgIpc) is 3.48. The molecule has 0 aromatic heterocycles. The highest BCUT2D eigenvalue weighted by Gasteiger charge is 2.43. The first-order chi connectivity index (χ1) is 17.6. The molecule has 3 aromatic carbocycles. The van der Waals surface area contributed by atoms with Crippen molar-refractivity contribution in [2.24, 2.45) is 0 Å². The van der Waals surface area contributed by atoms with Crippen molar-refractivity contribution in [2.45, 2.75) is 47.4 Å². The largest absolute Gasteiger partial charge is 0.443 e. The summed E-state index contributed by atoms with van der Waals surface area (Å²) < 4.78 is 6.48. The van der Waals surface area contributed by atoms with Crippen molar-refractivity contribution in [3.8, 4) is 0 Å². The Bertz CT molecular complexity index is 1080. The summed E-state index contributed by atoms with van der Waals surface area (Å²) in [6.07, 6.45) is 2.35. The molecular formula is C29H30N2O3S2. The van der Waals surface area contributed by atoms with Gasteiger partial charge >= 0.3 is 12.0 Å². The molecule has 0 bridgehead atoms. The smallest absolute Gasteiger partial charge is 0.320 e. The van der Waals surface area contributed by atoms with Crippen LogP contribution in [0.2, 0.25) is 0 Å². The molecule has 5 rings (SSSR count). The molecule has 0 radical (unpaired) electrons. The van der Waals surface area contributed by atoms with Gasteiger partial charge < -0.3 is 15.4 Å². The minimum Gasteiger partial charge on any atom is -0.443 e. The Balaban J connectivity index is 1.35. The van der Waals surface area contributed by atoms with Crippen LogP contribution in [0.1, 0.15) is 36.0 Å². The van der Waals surface area contributed by atoms with Crippen molar-refractivity contribution in [3.63, 3.8) is 0 Å². The van der Waals surface area contributed by atoms with Crippen LogP contribution in [0.15, 0.2) is 91.0 Å². The number of hydrogen-bond acceptors (Lipinski definition) is 5. The Morgan fingerprint density at radius 2 is 1.44 bits per heavy atom. The van der Waals surface area contributed by atoms with E-state index in [1.807, 2.05) is 103 Å². The molecule has 5 nitrogen and oxygen atoms in total. The Morgan fingerprint density at radius 1 is 0.917 bits per heavy atom. The summed E-state index contributed by atoms with van der Waals surface area (Å²) in [6.45, 7) is 0. The van der Waals surface area contributed by atoms with Gasteiger partial charge in [-0.15, -0.1) is 0 Å². The number of rotatable bonds is 9. The van der Waals surface area contributed by atoms with Gasteiger partial charge in [-0.05, 0) is 12.8 Å². The molecule has 0 aliphatic carbocycles. The fourth-order valence-electron chi connectivity index (χ4n) is 5.19. The summed E-state index contributed by atoms with van der Waals surface area (Å²) in [5.74, 6) is 0.580. The van der Waals surface area contributed by atoms with Crippen molar-refractivity contribution in [1.29, 1.82) is 0 Å². The maximum absolute atomic E-state index is 13.6. The van der Waals surface area contributed by atoms with Crippen LogP contribution in [0, 0.1) is 0 Å². The molecule has 2 aliphatic heterocycles. The van der Waals surface area contributed by atoms with E-state index in [4.69, 9.17) is 4.74 Å². The number of carbonyl (C=O) groups excluding carboxylic acids is 2. The van der Waals surface area contributed by atoms with Crippen molar-refractivity contribution in [3.05, 3.63) is 108 Å². The molecule has 2 aliphatic rings. The summed E-state index contributed by atoms with van der Waals surface area (Å²) in [7, 11) is 0. The lowest BCUT2D eigenvalue weighted by Gasteiger charge is -2.36. The number of ether oxygens (including phenoxy) is 1. The first-order valence-electron chi connectivity index (χ1n) is 12.3. The second-order valence-corrected chi connectivity index (χ2v) is 11.2. The van der Waals surface area contributed by atoms with E-state index < -0.39 is 10.9 Å². The number of thiol groups is 1. The third-order valence-electron chi connectivity index (χ3n) is 6.97. The number of amides is 2. The van der Waals surface area contributed by atoms with E-state index in [0.29, 0.717) is 11.7 Å². The second-order valence-electron chi connectivity index (χ2n) is 9.27. The predicted octanol–water partition coefficient (Wildman–Crippen LogP) is 5.16. The van der Waals surface area contributed by atoms with Gasteiger partial charge in [0, 0.05) is 27.7 Å². The highest BCUT2D eigenvalue weighted by molar-refractivity contribution is 8.00. The van der Waals surface area contributed by atoms with Crippen molar-refractivity contribution in [1.82, 2.24) is 10.6 Å². The molecule has 2 amide bonds. The Morgan fingerprint density at radius 3 is 1.97 bits per heavy atom. The third kappa shape index (κ3) is 5.00. The van der Waals surface area contributed by atoms with Crippen LogP contribution < -0.4 is 10.6 Å². The zero-order valence-electron chi connectivity index (χ0n) is 19.9. The average molecular weight is 519 g/mol. The maximum atomic E-state index is 13.6. The number of carbonyl (C=O) groups is 2. The zero-order valence-corrected chi connectivity index (χ0v) is 21.6. The standard InChI is InChI=1S/C29H30N2O3S2/c32-27(24(35)17-10-18-25-26-23(19-36-25)30-28(33)31-26)34-29(20-11-4-1-5-12-20,21-13-6-2-7-14-21)22-15-8-3-9-16-22/h1-9,11-16,23-26,35H,10,17-19H2,(H2,30,31,33)/t23-,24?,25-,26-/m0/s1. The summed E-state index contributed by atoms with van der Waals surface area (Å²) >= 11 is 6.56. The molecule has 3 aromatic rings. The molecule has 7 heteroatoms. The van der Waals surface area contributed by atoms with Crippen LogP contribution in [-0.4, -0.2) is 40.3 Å². The first kappa shape index (κ1) is 24.8. The third-order valence-corrected chi connectivity index (χ3v) is 8.95. The van der Waals surface area contributed by atoms with Crippen molar-refractivity contribution in [2.75, 3.05) is 5.75 Å². The number of hydrogen-bond donors (Lipinski definition) is 3. The van der Waals surface area contributed by atoms with Gasteiger partial charge in [-0.2, -0.15) is 24.4 Å². The van der Waals surface area contributed by atoms with E-state index >= 15 is 0 Å². The number of fused-ring (bicyclic) bond motifs is 1. The molecule has 36 heavy (non-hydrogen) atoms. The van der Waals surface area contributed by atoms with E-state index in [1.54, 1.807) is 0 Å². The summed E-state index contributed by atoms with van der Waals surface area (Å²) in [5.41, 5.74) is 1.56. The van der Waals surface area contributed by atoms with Crippen LogP contribution in [0.5, 0.6) is 0 Å². The quantitative estimate of drug-likeness (QED) is 0.159. The molecular weight excluding hydrogens is 488 g/mol. The molecule has 186 valence electrons. The lowest BCUT2D eigenvalue weighted by Crippen LogP contribution is -2.38. The van der Waals surface area contributed by atoms with Gasteiger partial charge in [0.2, 0.25) is 0 Å². The van der Waals surface area contributed by atoms with Crippen molar-refractivity contribution < 1.29 is 14.3 Å². The van der Waals surface area contributed by atoms with E-state index in [9.17, 15) is 9.59 Å². The van der Waals surface area contributed by atoms with Gasteiger partial charge in [0.1, 0.15) is 0 Å². The first-order valence-corrected chi connectivity index (χ1v) is 13.9. The van der Waals surface area contributed by atoms with Gasteiger partial charge in [-0.25, -0.2) is 4.79 Å². The normalized spacial score (nSPS) is 21.8. The summed E-state index contributed by atoms with van der Waals surface area (Å²) in [5, 5.41) is 5.80. The van der Waals surface area contributed by atoms with Crippen molar-refractivity contribution >= 4 is 36.4 Å². The van der Waals surface area contributed by atoms with Crippen LogP contribution in [0.25, 0.3) is 0 Å². The molecule has 2 saturated heterocycles. The monoisotopic (exact) mass is 518 g/mol. The summed E-state index contributed by atoms with van der Waals surface area (Å²) in [6, 6.07) is 29.9. The minimum absolute atomic E-state index is 0.0787. The van der Waals surface area contributed by atoms with Crippen LogP contribution in [-0.2, 0) is 15.1 Å². The topological polar surface area (TPSA) is 67.4 Å². The van der Waals surface area contributed by atoms with E-state index in [2.05, 4.69) is 23.3 Å². The van der Waals surface area contributed by atoms with Crippen LogP contribution in [0.3, 0.4) is 0 Å². The van der Waals surface area contributed by atoms with Gasteiger partial charge in [-0.1, -0.05) is 97.4 Å². The van der Waals surface area contributed by atoms with Gasteiger partial charge in [-0.3, -0.25) is 4.79 Å². The molecule has 1 unspecified atom stereocenters. The predicted molar refractivity (Wildman–Crippen MR) is 147 cm³/mol. The maximum Gasteiger partial charge on any atom is 0.320 e. The highest BCUT2D eigenvalue weighted by atomic mass is 32.2. The molecule has 2 fully saturated rings. The molecule has 0 saturated carbocycles. The summed E-state index contributed by atoms with van der Waals surface area (Å²) in [4.78, 5) is 25.2. The Labute approximate surface area is 221 Å². The number of thioether (sulfide) groups is 1. The van der Waals surface area contributed by atoms with E-state index in [-0.39, 0.29) is 24.1 Å². The van der Waals surface area contributed by atoms with E-state index in [0.717, 1.165) is 35.3 Å².